The number of aliphatic hydroxyl groups is 1. The van der Waals surface area contributed by atoms with Gasteiger partial charge in [0.1, 0.15) is 0 Å². The van der Waals surface area contributed by atoms with Crippen LogP contribution in [0, 0.1) is 5.92 Å². The molecule has 0 rings (SSSR count). The first kappa shape index (κ1) is 22.4. The van der Waals surface area contributed by atoms with Gasteiger partial charge in [-0.05, 0) is 32.2 Å². The van der Waals surface area contributed by atoms with Crippen LogP contribution in [0.1, 0.15) is 91.4 Å². The van der Waals surface area contributed by atoms with Gasteiger partial charge >= 0.3 is 0 Å². The van der Waals surface area contributed by atoms with E-state index in [-0.39, 0.29) is 6.10 Å². The third-order valence-corrected chi connectivity index (χ3v) is 5.52. The standard InChI is InChI=1S/C19H40BrNO/c1-4-18(5-2)12-10-8-6-7-9-11-13-19(20)14-15-21-16-17(3)22/h17-19,21-22H,4-16H2,1-3H3. The van der Waals surface area contributed by atoms with Crippen molar-refractivity contribution in [3.8, 4) is 0 Å². The van der Waals surface area contributed by atoms with E-state index >= 15 is 0 Å². The van der Waals surface area contributed by atoms with Gasteiger partial charge in [-0.3, -0.25) is 0 Å². The van der Waals surface area contributed by atoms with Crippen LogP contribution in [0.15, 0.2) is 0 Å². The molecule has 2 nitrogen and oxygen atoms in total. The first-order chi connectivity index (χ1) is 10.6. The SMILES string of the molecule is CCC(CC)CCCCCCCCC(Br)CCNCC(C)O. The van der Waals surface area contributed by atoms with E-state index in [9.17, 15) is 0 Å². The van der Waals surface area contributed by atoms with Gasteiger partial charge in [0.05, 0.1) is 6.10 Å². The normalized spacial score (nSPS) is 14.5. The second-order valence-electron chi connectivity index (χ2n) is 6.82. The Morgan fingerprint density at radius 2 is 1.41 bits per heavy atom. The molecule has 134 valence electrons. The maximum Gasteiger partial charge on any atom is 0.0636 e. The summed E-state index contributed by atoms with van der Waals surface area (Å²) in [5, 5.41) is 12.4. The lowest BCUT2D eigenvalue weighted by Gasteiger charge is -2.12. The monoisotopic (exact) mass is 377 g/mol. The zero-order valence-electron chi connectivity index (χ0n) is 15.2. The van der Waals surface area contributed by atoms with Gasteiger partial charge in [0.25, 0.3) is 0 Å². The van der Waals surface area contributed by atoms with Crippen molar-refractivity contribution in [1.29, 1.82) is 0 Å². The summed E-state index contributed by atoms with van der Waals surface area (Å²) in [4.78, 5) is 0.629. The fraction of sp³-hybridized carbons (Fsp3) is 1.00. The molecule has 0 spiro atoms. The number of rotatable bonds is 16. The van der Waals surface area contributed by atoms with Crippen molar-refractivity contribution in [2.45, 2.75) is 102 Å². The average Bonchev–Trinajstić information content (AvgIpc) is 2.50. The molecule has 0 bridgehead atoms. The lowest BCUT2D eigenvalue weighted by atomic mass is 9.95. The first-order valence-corrected chi connectivity index (χ1v) is 10.5. The van der Waals surface area contributed by atoms with E-state index in [1.54, 1.807) is 0 Å². The molecule has 2 atom stereocenters. The predicted molar refractivity (Wildman–Crippen MR) is 103 cm³/mol. The summed E-state index contributed by atoms with van der Waals surface area (Å²) in [5.41, 5.74) is 0. The number of nitrogens with one attached hydrogen (secondary N) is 1. The van der Waals surface area contributed by atoms with Gasteiger partial charge in [0, 0.05) is 11.4 Å². The number of hydrogen-bond donors (Lipinski definition) is 2. The summed E-state index contributed by atoms with van der Waals surface area (Å²) in [5.74, 6) is 0.969. The number of aliphatic hydroxyl groups excluding tert-OH is 1. The molecular formula is C19H40BrNO. The number of halogens is 1. The number of alkyl halides is 1. The number of hydrogen-bond acceptors (Lipinski definition) is 2. The molecule has 0 fully saturated rings. The lowest BCUT2D eigenvalue weighted by Crippen LogP contribution is -2.26. The fourth-order valence-electron chi connectivity index (χ4n) is 2.92. The molecule has 2 N–H and O–H groups in total. The van der Waals surface area contributed by atoms with Gasteiger partial charge in [-0.15, -0.1) is 0 Å². The highest BCUT2D eigenvalue weighted by Gasteiger charge is 2.05. The topological polar surface area (TPSA) is 32.3 Å². The van der Waals surface area contributed by atoms with Crippen LogP contribution in [0.3, 0.4) is 0 Å². The van der Waals surface area contributed by atoms with Gasteiger partial charge in [-0.1, -0.05) is 87.6 Å². The maximum absolute atomic E-state index is 9.16. The van der Waals surface area contributed by atoms with Crippen LogP contribution >= 0.6 is 15.9 Å². The van der Waals surface area contributed by atoms with Crippen LogP contribution in [0.2, 0.25) is 0 Å². The minimum absolute atomic E-state index is 0.237. The largest absolute Gasteiger partial charge is 0.392 e. The molecule has 0 aliphatic rings. The van der Waals surface area contributed by atoms with E-state index in [0.29, 0.717) is 11.4 Å². The molecule has 0 saturated heterocycles. The molecule has 0 aliphatic carbocycles. The van der Waals surface area contributed by atoms with Crippen molar-refractivity contribution >= 4 is 15.9 Å². The molecule has 0 amide bonds. The highest BCUT2D eigenvalue weighted by molar-refractivity contribution is 9.09. The number of unbranched alkanes of at least 4 members (excludes halogenated alkanes) is 5. The van der Waals surface area contributed by atoms with Gasteiger partial charge in [0.15, 0.2) is 0 Å². The molecule has 0 aromatic rings. The fourth-order valence-corrected chi connectivity index (χ4v) is 3.47. The van der Waals surface area contributed by atoms with Gasteiger partial charge in [-0.2, -0.15) is 0 Å². The summed E-state index contributed by atoms with van der Waals surface area (Å²) in [6.45, 7) is 8.17. The van der Waals surface area contributed by atoms with E-state index in [2.05, 4.69) is 35.1 Å². The third-order valence-electron chi connectivity index (χ3n) is 4.61. The van der Waals surface area contributed by atoms with Gasteiger partial charge in [-0.25, -0.2) is 0 Å². The van der Waals surface area contributed by atoms with Crippen molar-refractivity contribution in [3.63, 3.8) is 0 Å². The van der Waals surface area contributed by atoms with Crippen molar-refractivity contribution in [2.75, 3.05) is 13.1 Å². The Kier molecular flexibility index (Phi) is 16.6. The highest BCUT2D eigenvalue weighted by Crippen LogP contribution is 2.19. The molecular weight excluding hydrogens is 338 g/mol. The summed E-state index contributed by atoms with van der Waals surface area (Å²) >= 11 is 3.77. The Hall–Kier alpha value is 0.400. The summed E-state index contributed by atoms with van der Waals surface area (Å²) in [6.07, 6.45) is 14.8. The van der Waals surface area contributed by atoms with Crippen molar-refractivity contribution in [2.24, 2.45) is 5.92 Å². The first-order valence-electron chi connectivity index (χ1n) is 9.62. The summed E-state index contributed by atoms with van der Waals surface area (Å²) in [6, 6.07) is 0. The Labute approximate surface area is 148 Å². The molecule has 2 unspecified atom stereocenters. The van der Waals surface area contributed by atoms with Gasteiger partial charge < -0.3 is 10.4 Å². The minimum Gasteiger partial charge on any atom is -0.392 e. The molecule has 0 radical (unpaired) electrons. The summed E-state index contributed by atoms with van der Waals surface area (Å²) < 4.78 is 0. The van der Waals surface area contributed by atoms with Crippen LogP contribution in [0.4, 0.5) is 0 Å². The Morgan fingerprint density at radius 1 is 0.864 bits per heavy atom. The lowest BCUT2D eigenvalue weighted by molar-refractivity contribution is 0.191. The Bertz CT molecular complexity index is 219. The van der Waals surface area contributed by atoms with Crippen LogP contribution in [0.5, 0.6) is 0 Å². The van der Waals surface area contributed by atoms with Crippen LogP contribution < -0.4 is 5.32 Å². The summed E-state index contributed by atoms with van der Waals surface area (Å²) in [7, 11) is 0. The van der Waals surface area contributed by atoms with E-state index in [0.717, 1.165) is 18.9 Å². The van der Waals surface area contributed by atoms with Crippen LogP contribution in [-0.4, -0.2) is 29.1 Å². The second-order valence-corrected chi connectivity index (χ2v) is 8.12. The molecule has 0 aromatic heterocycles. The van der Waals surface area contributed by atoms with Crippen LogP contribution in [0.25, 0.3) is 0 Å². The predicted octanol–water partition coefficient (Wildman–Crippen LogP) is 5.67. The van der Waals surface area contributed by atoms with Crippen LogP contribution in [-0.2, 0) is 0 Å². The van der Waals surface area contributed by atoms with Crippen molar-refractivity contribution in [3.05, 3.63) is 0 Å². The third kappa shape index (κ3) is 15.3. The quantitative estimate of drug-likeness (QED) is 0.268. The Balaban J connectivity index is 3.24. The van der Waals surface area contributed by atoms with Crippen molar-refractivity contribution in [1.82, 2.24) is 5.32 Å². The highest BCUT2D eigenvalue weighted by atomic mass is 79.9. The van der Waals surface area contributed by atoms with Crippen molar-refractivity contribution < 1.29 is 5.11 Å². The Morgan fingerprint density at radius 3 is 1.95 bits per heavy atom. The van der Waals surface area contributed by atoms with E-state index in [4.69, 9.17) is 5.11 Å². The smallest absolute Gasteiger partial charge is 0.0636 e. The maximum atomic E-state index is 9.16. The van der Waals surface area contributed by atoms with E-state index in [1.807, 2.05) is 6.92 Å². The van der Waals surface area contributed by atoms with Gasteiger partial charge in [0.2, 0.25) is 0 Å². The average molecular weight is 378 g/mol. The zero-order chi connectivity index (χ0) is 16.6. The van der Waals surface area contributed by atoms with E-state index < -0.39 is 0 Å². The molecule has 0 aliphatic heterocycles. The second kappa shape index (κ2) is 16.3. The molecule has 0 saturated carbocycles. The zero-order valence-corrected chi connectivity index (χ0v) is 16.8. The molecule has 0 heterocycles. The minimum atomic E-state index is -0.237. The molecule has 0 aromatic carbocycles. The van der Waals surface area contributed by atoms with E-state index in [1.165, 1.54) is 64.2 Å². The molecule has 3 heteroatoms. The molecule has 22 heavy (non-hydrogen) atoms.